The number of nitrogens with zero attached hydrogens (tertiary/aromatic N) is 3. The second kappa shape index (κ2) is 12.8. The van der Waals surface area contributed by atoms with E-state index in [1.54, 1.807) is 6.20 Å². The summed E-state index contributed by atoms with van der Waals surface area (Å²) < 4.78 is 18.2. The first-order chi connectivity index (χ1) is 20.1. The van der Waals surface area contributed by atoms with Crippen molar-refractivity contribution in [2.75, 3.05) is 31.1 Å². The summed E-state index contributed by atoms with van der Waals surface area (Å²) in [5.41, 5.74) is 7.57. The summed E-state index contributed by atoms with van der Waals surface area (Å²) in [6, 6.07) is 12.6. The van der Waals surface area contributed by atoms with Crippen LogP contribution in [0.2, 0.25) is 0 Å². The van der Waals surface area contributed by atoms with Crippen molar-refractivity contribution < 1.29 is 19.0 Å². The number of rotatable bonds is 8. The van der Waals surface area contributed by atoms with E-state index in [4.69, 9.17) is 19.2 Å². The number of hydrogen-bond acceptors (Lipinski definition) is 8. The fourth-order valence-electron chi connectivity index (χ4n) is 5.95. The van der Waals surface area contributed by atoms with Crippen molar-refractivity contribution in [3.8, 4) is 17.0 Å². The predicted molar refractivity (Wildman–Crippen MR) is 165 cm³/mol. The number of hydrogen-bond donors (Lipinski definition) is 1. The van der Waals surface area contributed by atoms with Gasteiger partial charge in [0.2, 0.25) is 5.95 Å². The highest BCUT2D eigenvalue weighted by Gasteiger charge is 2.38. The zero-order valence-corrected chi connectivity index (χ0v) is 25.8. The molecule has 0 amide bonds. The maximum atomic E-state index is 12.9. The van der Waals surface area contributed by atoms with E-state index in [0.29, 0.717) is 38.7 Å². The van der Waals surface area contributed by atoms with E-state index < -0.39 is 5.60 Å². The molecule has 0 saturated carbocycles. The Labute approximate surface area is 249 Å². The summed E-state index contributed by atoms with van der Waals surface area (Å²) in [5.74, 6) is 0.924. The number of benzene rings is 2. The van der Waals surface area contributed by atoms with Gasteiger partial charge in [-0.3, -0.25) is 4.79 Å². The number of aryl methyl sites for hydroxylation is 2. The van der Waals surface area contributed by atoms with Crippen LogP contribution in [0.4, 0.5) is 5.95 Å². The molecule has 1 fully saturated rings. The molecule has 1 N–H and O–H groups in total. The van der Waals surface area contributed by atoms with Crippen molar-refractivity contribution in [3.05, 3.63) is 70.4 Å². The number of piperidine rings is 1. The van der Waals surface area contributed by atoms with Gasteiger partial charge in [-0.2, -0.15) is 0 Å². The van der Waals surface area contributed by atoms with E-state index in [9.17, 15) is 4.79 Å². The lowest BCUT2D eigenvalue weighted by Gasteiger charge is -2.38. The molecule has 1 saturated heterocycles. The first-order valence-corrected chi connectivity index (χ1v) is 15.1. The Morgan fingerprint density at radius 1 is 1.14 bits per heavy atom. The topological polar surface area (TPSA) is 85.8 Å². The van der Waals surface area contributed by atoms with Crippen LogP contribution in [0.15, 0.2) is 42.6 Å². The van der Waals surface area contributed by atoms with E-state index in [0.717, 1.165) is 42.1 Å². The summed E-state index contributed by atoms with van der Waals surface area (Å²) >= 11 is 0. The van der Waals surface area contributed by atoms with Gasteiger partial charge in [0.05, 0.1) is 17.7 Å². The molecular formula is C34H44N4O4. The third-order valence-electron chi connectivity index (χ3n) is 7.94. The van der Waals surface area contributed by atoms with Gasteiger partial charge in [-0.15, -0.1) is 0 Å². The van der Waals surface area contributed by atoms with Crippen molar-refractivity contribution in [3.63, 3.8) is 0 Å². The van der Waals surface area contributed by atoms with Gasteiger partial charge in [0.1, 0.15) is 18.0 Å². The number of fused-ring (bicyclic) bond motifs is 1. The van der Waals surface area contributed by atoms with Crippen LogP contribution in [0.5, 0.6) is 5.75 Å². The number of anilines is 1. The molecule has 2 aliphatic heterocycles. The second-order valence-electron chi connectivity index (χ2n) is 12.3. The van der Waals surface area contributed by atoms with Crippen LogP contribution in [0.3, 0.4) is 0 Å². The van der Waals surface area contributed by atoms with Gasteiger partial charge >= 0.3 is 5.97 Å². The van der Waals surface area contributed by atoms with Gasteiger partial charge in [0, 0.05) is 38.0 Å². The Balaban J connectivity index is 1.35. The lowest BCUT2D eigenvalue weighted by molar-refractivity contribution is -0.166. The first-order valence-electron chi connectivity index (χ1n) is 15.1. The fourth-order valence-corrected chi connectivity index (χ4v) is 5.95. The van der Waals surface area contributed by atoms with Crippen LogP contribution in [0.25, 0.3) is 11.3 Å². The highest BCUT2D eigenvalue weighted by atomic mass is 16.6. The Hall–Kier alpha value is -3.49. The Bertz CT molecular complexity index is 1420. The molecule has 0 spiro atoms. The number of para-hydroxylation sites is 1. The van der Waals surface area contributed by atoms with E-state index in [1.807, 2.05) is 39.8 Å². The zero-order chi connectivity index (χ0) is 29.9. The van der Waals surface area contributed by atoms with Crippen LogP contribution in [-0.4, -0.2) is 53.9 Å². The highest BCUT2D eigenvalue weighted by Crippen LogP contribution is 2.34. The molecule has 8 heteroatoms. The van der Waals surface area contributed by atoms with Crippen LogP contribution < -0.4 is 15.0 Å². The van der Waals surface area contributed by atoms with Crippen molar-refractivity contribution >= 4 is 11.9 Å². The molecule has 42 heavy (non-hydrogen) atoms. The molecule has 2 aromatic carbocycles. The maximum Gasteiger partial charge on any atom is 0.312 e. The van der Waals surface area contributed by atoms with Crippen LogP contribution >= 0.6 is 0 Å². The number of ether oxygens (including phenoxy) is 3. The van der Waals surface area contributed by atoms with E-state index in [1.165, 1.54) is 22.3 Å². The molecule has 2 aliphatic rings. The van der Waals surface area contributed by atoms with Gasteiger partial charge < -0.3 is 24.4 Å². The average Bonchev–Trinajstić information content (AvgIpc) is 2.96. The molecule has 224 valence electrons. The quantitative estimate of drug-likeness (QED) is 0.351. The Kier molecular flexibility index (Phi) is 9.13. The van der Waals surface area contributed by atoms with Crippen LogP contribution in [-0.2, 0) is 33.8 Å². The lowest BCUT2D eigenvalue weighted by atomic mass is 9.93. The van der Waals surface area contributed by atoms with Crippen molar-refractivity contribution in [2.45, 2.75) is 79.2 Å². The molecule has 0 bridgehead atoms. The highest BCUT2D eigenvalue weighted by molar-refractivity contribution is 5.74. The number of carbonyl (C=O) groups excluding carboxylic acids is 1. The SMILES string of the molecule is CCO[C@@H]1CN(c2nccc(-c3cccc(C)c3OCc3cc(C)c4c(c3)CCNC4)n2)CC[C@@H]1C(=O)OC(C)(C)C. The molecule has 0 aliphatic carbocycles. The van der Waals surface area contributed by atoms with Crippen molar-refractivity contribution in [1.82, 2.24) is 15.3 Å². The largest absolute Gasteiger partial charge is 0.488 e. The number of nitrogens with one attached hydrogen (secondary N) is 1. The van der Waals surface area contributed by atoms with Gasteiger partial charge in [-0.25, -0.2) is 9.97 Å². The molecular weight excluding hydrogens is 528 g/mol. The number of aromatic nitrogens is 2. The van der Waals surface area contributed by atoms with Crippen LogP contribution in [0.1, 0.15) is 61.9 Å². The molecule has 3 aromatic rings. The number of esters is 1. The maximum absolute atomic E-state index is 12.9. The van der Waals surface area contributed by atoms with Crippen molar-refractivity contribution in [2.24, 2.45) is 5.92 Å². The lowest BCUT2D eigenvalue weighted by Crippen LogP contribution is -2.49. The van der Waals surface area contributed by atoms with Gasteiger partial charge in [0.25, 0.3) is 0 Å². The molecule has 2 atom stereocenters. The minimum atomic E-state index is -0.535. The fraction of sp³-hybridized carbons (Fsp3) is 0.500. The van der Waals surface area contributed by atoms with Gasteiger partial charge in [-0.05, 0) is 101 Å². The molecule has 5 rings (SSSR count). The Morgan fingerprint density at radius 2 is 1.98 bits per heavy atom. The normalized spacial score (nSPS) is 18.9. The molecule has 3 heterocycles. The van der Waals surface area contributed by atoms with Crippen molar-refractivity contribution in [1.29, 1.82) is 0 Å². The molecule has 0 unspecified atom stereocenters. The van der Waals surface area contributed by atoms with E-state index in [2.05, 4.69) is 53.3 Å². The second-order valence-corrected chi connectivity index (χ2v) is 12.3. The minimum absolute atomic E-state index is 0.206. The minimum Gasteiger partial charge on any atom is -0.488 e. The summed E-state index contributed by atoms with van der Waals surface area (Å²) in [4.78, 5) is 24.6. The van der Waals surface area contributed by atoms with E-state index >= 15 is 0 Å². The average molecular weight is 573 g/mol. The number of carbonyl (C=O) groups is 1. The molecule has 0 radical (unpaired) electrons. The summed E-state index contributed by atoms with van der Waals surface area (Å²) in [6.45, 7) is 16.0. The van der Waals surface area contributed by atoms with Gasteiger partial charge in [-0.1, -0.05) is 24.3 Å². The Morgan fingerprint density at radius 3 is 2.76 bits per heavy atom. The summed E-state index contributed by atoms with van der Waals surface area (Å²) in [7, 11) is 0. The summed E-state index contributed by atoms with van der Waals surface area (Å²) in [6.07, 6.45) is 3.16. The van der Waals surface area contributed by atoms with Crippen LogP contribution in [0, 0.1) is 19.8 Å². The first kappa shape index (κ1) is 30.0. The predicted octanol–water partition coefficient (Wildman–Crippen LogP) is 5.56. The zero-order valence-electron chi connectivity index (χ0n) is 25.8. The molecule has 8 nitrogen and oxygen atoms in total. The summed E-state index contributed by atoms with van der Waals surface area (Å²) in [5, 5.41) is 3.47. The monoisotopic (exact) mass is 572 g/mol. The molecule has 1 aromatic heterocycles. The third kappa shape index (κ3) is 6.93. The smallest absolute Gasteiger partial charge is 0.312 e. The standard InChI is InChI=1S/C34H44N4O4/c1-7-40-30-20-38(16-13-27(30)32(39)42-34(4,5)6)33-36-15-12-29(37-33)26-10-8-9-22(2)31(26)41-21-24-17-23(3)28-19-35-14-11-25(28)18-24/h8-10,12,15,17-18,27,30,35H,7,11,13-14,16,19-21H2,1-6H3/t27-,30+/m0/s1. The third-order valence-corrected chi connectivity index (χ3v) is 7.94. The van der Waals surface area contributed by atoms with Gasteiger partial charge in [0.15, 0.2) is 0 Å². The van der Waals surface area contributed by atoms with E-state index in [-0.39, 0.29) is 18.0 Å².